The molecule has 0 bridgehead atoms. The zero-order valence-electron chi connectivity index (χ0n) is 18.6. The average Bonchev–Trinajstić information content (AvgIpc) is 3.25. The topological polar surface area (TPSA) is 87.5 Å². The number of hydrogen-bond donors (Lipinski definition) is 1. The van der Waals surface area contributed by atoms with Crippen LogP contribution in [0.1, 0.15) is 42.5 Å². The first-order valence-electron chi connectivity index (χ1n) is 11.2. The normalized spacial score (nSPS) is 20.0. The van der Waals surface area contributed by atoms with E-state index in [2.05, 4.69) is 15.2 Å². The van der Waals surface area contributed by atoms with Crippen LogP contribution >= 0.6 is 11.6 Å². The molecule has 1 aliphatic carbocycles. The summed E-state index contributed by atoms with van der Waals surface area (Å²) in [5.74, 6) is -0.819. The number of sulfonamides is 1. The van der Waals surface area contributed by atoms with Crippen molar-refractivity contribution in [2.45, 2.75) is 42.7 Å². The van der Waals surface area contributed by atoms with Gasteiger partial charge in [0.1, 0.15) is 5.82 Å². The Balaban J connectivity index is 1.44. The monoisotopic (exact) mass is 497 g/mol. The molecule has 2 aromatic rings. The van der Waals surface area contributed by atoms with Gasteiger partial charge in [0.2, 0.25) is 0 Å². The highest BCUT2D eigenvalue weighted by molar-refractivity contribution is 7.89. The van der Waals surface area contributed by atoms with Gasteiger partial charge in [0.15, 0.2) is 5.03 Å². The summed E-state index contributed by atoms with van der Waals surface area (Å²) < 4.78 is 42.3. The lowest BCUT2D eigenvalue weighted by atomic mass is 9.79. The maximum Gasteiger partial charge on any atom is 0.262 e. The predicted molar refractivity (Wildman–Crippen MR) is 123 cm³/mol. The van der Waals surface area contributed by atoms with Crippen LogP contribution in [0.5, 0.6) is 0 Å². The lowest BCUT2D eigenvalue weighted by Crippen LogP contribution is -2.62. The lowest BCUT2D eigenvalue weighted by molar-refractivity contribution is 0.0240. The second-order valence-electron chi connectivity index (χ2n) is 8.86. The van der Waals surface area contributed by atoms with Crippen LogP contribution in [0, 0.1) is 5.82 Å². The van der Waals surface area contributed by atoms with E-state index in [1.165, 1.54) is 29.0 Å². The average molecular weight is 498 g/mol. The van der Waals surface area contributed by atoms with E-state index in [0.717, 1.165) is 38.2 Å². The maximum absolute atomic E-state index is 13.3. The number of carbonyl (C=O) groups excluding carboxylic acids is 1. The van der Waals surface area contributed by atoms with Crippen LogP contribution in [0.4, 0.5) is 4.39 Å². The number of benzene rings is 1. The number of imidazole rings is 1. The van der Waals surface area contributed by atoms with Gasteiger partial charge in [-0.15, -0.1) is 0 Å². The summed E-state index contributed by atoms with van der Waals surface area (Å²) in [7, 11) is -1.89. The van der Waals surface area contributed by atoms with Crippen LogP contribution in [-0.2, 0) is 17.1 Å². The Bertz CT molecular complexity index is 1110. The summed E-state index contributed by atoms with van der Waals surface area (Å²) >= 11 is 6.06. The molecule has 1 aliphatic heterocycles. The van der Waals surface area contributed by atoms with Gasteiger partial charge < -0.3 is 9.88 Å². The Morgan fingerprint density at radius 2 is 1.88 bits per heavy atom. The summed E-state index contributed by atoms with van der Waals surface area (Å²) in [5.41, 5.74) is 0.0108. The van der Waals surface area contributed by atoms with Gasteiger partial charge in [-0.1, -0.05) is 30.9 Å². The smallest absolute Gasteiger partial charge is 0.262 e. The van der Waals surface area contributed by atoms with E-state index in [9.17, 15) is 17.6 Å². The van der Waals surface area contributed by atoms with Crippen molar-refractivity contribution >= 4 is 27.5 Å². The number of aryl methyl sites for hydroxylation is 1. The Hall–Kier alpha value is -2.01. The molecule has 1 aromatic carbocycles. The molecule has 2 fully saturated rings. The van der Waals surface area contributed by atoms with Crippen LogP contribution in [-0.4, -0.2) is 71.3 Å². The van der Waals surface area contributed by atoms with Crippen molar-refractivity contribution in [3.05, 3.63) is 47.1 Å². The third-order valence-corrected chi connectivity index (χ3v) is 8.83. The van der Waals surface area contributed by atoms with Gasteiger partial charge in [-0.25, -0.2) is 17.8 Å². The van der Waals surface area contributed by atoms with E-state index in [0.29, 0.717) is 32.7 Å². The molecule has 1 saturated carbocycles. The molecule has 8 nitrogen and oxygen atoms in total. The van der Waals surface area contributed by atoms with E-state index in [1.54, 1.807) is 11.6 Å². The SMILES string of the molecule is Cn1cnc(S(=O)(=O)N2CCN(C3(CNC(=O)c4ccc(F)cc4Cl)CCCCC3)CC2)c1. The van der Waals surface area contributed by atoms with Crippen LogP contribution in [0.15, 0.2) is 35.7 Å². The molecule has 33 heavy (non-hydrogen) atoms. The van der Waals surface area contributed by atoms with E-state index in [4.69, 9.17) is 11.6 Å². The fraction of sp³-hybridized carbons (Fsp3) is 0.545. The van der Waals surface area contributed by atoms with Crippen LogP contribution in [0.2, 0.25) is 5.02 Å². The van der Waals surface area contributed by atoms with Crippen molar-refractivity contribution in [1.29, 1.82) is 0 Å². The summed E-state index contributed by atoms with van der Waals surface area (Å²) in [6.07, 6.45) is 8.11. The Morgan fingerprint density at radius 1 is 1.18 bits per heavy atom. The van der Waals surface area contributed by atoms with Crippen molar-refractivity contribution in [3.63, 3.8) is 0 Å². The third-order valence-electron chi connectivity index (χ3n) is 6.73. The Kier molecular flexibility index (Phi) is 7.09. The number of piperazine rings is 1. The van der Waals surface area contributed by atoms with Gasteiger partial charge in [0.25, 0.3) is 15.9 Å². The van der Waals surface area contributed by atoms with Gasteiger partial charge in [0, 0.05) is 51.5 Å². The van der Waals surface area contributed by atoms with Crippen molar-refractivity contribution < 1.29 is 17.6 Å². The standard InChI is InChI=1S/C22H29ClFN5O3S/c1-27-14-20(26-16-27)33(31,32)29-11-9-28(10-12-29)22(7-3-2-4-8-22)15-25-21(30)18-6-5-17(24)13-19(18)23/h5-6,13-14,16H,2-4,7-12,15H2,1H3,(H,25,30). The number of carbonyl (C=O) groups is 1. The van der Waals surface area contributed by atoms with Crippen molar-refractivity contribution in [2.75, 3.05) is 32.7 Å². The van der Waals surface area contributed by atoms with Crippen molar-refractivity contribution in [2.24, 2.45) is 7.05 Å². The number of amides is 1. The maximum atomic E-state index is 13.3. The first-order valence-corrected chi connectivity index (χ1v) is 13.0. The summed E-state index contributed by atoms with van der Waals surface area (Å²) in [6, 6.07) is 3.74. The third kappa shape index (κ3) is 5.08. The van der Waals surface area contributed by atoms with E-state index in [1.807, 2.05) is 0 Å². The second kappa shape index (κ2) is 9.69. The molecule has 0 unspecified atom stereocenters. The molecule has 1 N–H and O–H groups in total. The molecular weight excluding hydrogens is 469 g/mol. The number of rotatable bonds is 6. The number of halogens is 2. The molecule has 1 amide bonds. The molecule has 1 aromatic heterocycles. The molecule has 0 spiro atoms. The van der Waals surface area contributed by atoms with E-state index in [-0.39, 0.29) is 27.1 Å². The number of nitrogens with zero attached hydrogens (tertiary/aromatic N) is 4. The largest absolute Gasteiger partial charge is 0.350 e. The van der Waals surface area contributed by atoms with Crippen molar-refractivity contribution in [1.82, 2.24) is 24.1 Å². The molecule has 180 valence electrons. The van der Waals surface area contributed by atoms with Crippen molar-refractivity contribution in [3.8, 4) is 0 Å². The quantitative estimate of drug-likeness (QED) is 0.663. The minimum Gasteiger partial charge on any atom is -0.350 e. The van der Waals surface area contributed by atoms with Crippen LogP contribution in [0.3, 0.4) is 0 Å². The highest BCUT2D eigenvalue weighted by Crippen LogP contribution is 2.34. The minimum absolute atomic E-state index is 0.0641. The van der Waals surface area contributed by atoms with Gasteiger partial charge in [-0.05, 0) is 31.0 Å². The number of nitrogens with one attached hydrogen (secondary N) is 1. The molecule has 2 heterocycles. The van der Waals surface area contributed by atoms with Gasteiger partial charge in [-0.3, -0.25) is 9.69 Å². The Morgan fingerprint density at radius 3 is 2.48 bits per heavy atom. The first kappa shape index (κ1) is 24.1. The summed E-state index contributed by atoms with van der Waals surface area (Å²) in [4.78, 5) is 19.1. The summed E-state index contributed by atoms with van der Waals surface area (Å²) in [5, 5.41) is 3.15. The highest BCUT2D eigenvalue weighted by atomic mass is 35.5. The lowest BCUT2D eigenvalue weighted by Gasteiger charge is -2.49. The van der Waals surface area contributed by atoms with E-state index < -0.39 is 15.8 Å². The van der Waals surface area contributed by atoms with Gasteiger partial charge in [0.05, 0.1) is 16.9 Å². The highest BCUT2D eigenvalue weighted by Gasteiger charge is 2.41. The first-order chi connectivity index (χ1) is 15.7. The molecule has 0 radical (unpaired) electrons. The number of aromatic nitrogens is 2. The van der Waals surface area contributed by atoms with E-state index >= 15 is 0 Å². The van der Waals surface area contributed by atoms with Gasteiger partial charge in [-0.2, -0.15) is 4.31 Å². The van der Waals surface area contributed by atoms with Crippen LogP contribution < -0.4 is 5.32 Å². The second-order valence-corrected chi connectivity index (χ2v) is 11.2. The Labute approximate surface area is 198 Å². The fourth-order valence-corrected chi connectivity index (χ4v) is 6.53. The fourth-order valence-electron chi connectivity index (χ4n) is 4.89. The van der Waals surface area contributed by atoms with Crippen LogP contribution in [0.25, 0.3) is 0 Å². The number of hydrogen-bond acceptors (Lipinski definition) is 5. The molecular formula is C22H29ClFN5O3S. The molecule has 0 atom stereocenters. The molecule has 11 heteroatoms. The minimum atomic E-state index is -3.63. The molecule has 4 rings (SSSR count). The zero-order chi connectivity index (χ0) is 23.6. The van der Waals surface area contributed by atoms with Gasteiger partial charge >= 0.3 is 0 Å². The molecule has 2 aliphatic rings. The predicted octanol–water partition coefficient (Wildman–Crippen LogP) is 2.65. The zero-order valence-corrected chi connectivity index (χ0v) is 20.2. The molecule has 1 saturated heterocycles. The summed E-state index contributed by atoms with van der Waals surface area (Å²) in [6.45, 7) is 2.35.